The summed E-state index contributed by atoms with van der Waals surface area (Å²) < 4.78 is 12.1. The topological polar surface area (TPSA) is 44.5 Å². The second-order valence-corrected chi connectivity index (χ2v) is 6.77. The Balaban J connectivity index is 1.67. The average Bonchev–Trinajstić information content (AvgIpc) is 2.53. The van der Waals surface area contributed by atoms with E-state index in [1.54, 1.807) is 0 Å². The van der Waals surface area contributed by atoms with E-state index >= 15 is 0 Å². The van der Waals surface area contributed by atoms with Crippen molar-refractivity contribution >= 4 is 0 Å². The van der Waals surface area contributed by atoms with Crippen molar-refractivity contribution in [2.45, 2.75) is 50.5 Å². The number of ether oxygens (including phenoxy) is 2. The Hall–Kier alpha value is -1.06. The lowest BCUT2D eigenvalue weighted by Gasteiger charge is -2.40. The summed E-state index contributed by atoms with van der Waals surface area (Å²) in [6.45, 7) is 4.51. The lowest BCUT2D eigenvalue weighted by atomic mass is 9.78. The fraction of sp³-hybridized carbons (Fsp3) is 0.667. The normalized spacial score (nSPS) is 32.3. The minimum absolute atomic E-state index is 0.0923. The first kappa shape index (κ1) is 14.9. The summed E-state index contributed by atoms with van der Waals surface area (Å²) in [4.78, 5) is 0. The lowest BCUT2D eigenvalue weighted by Crippen LogP contribution is -2.45. The first-order valence-electron chi connectivity index (χ1n) is 8.28. The van der Waals surface area contributed by atoms with Gasteiger partial charge < -0.3 is 15.2 Å². The van der Waals surface area contributed by atoms with E-state index in [4.69, 9.17) is 15.2 Å². The first-order chi connectivity index (χ1) is 10.2. The van der Waals surface area contributed by atoms with E-state index in [1.165, 1.54) is 18.4 Å². The van der Waals surface area contributed by atoms with E-state index < -0.39 is 0 Å². The molecule has 1 aromatic carbocycles. The van der Waals surface area contributed by atoms with E-state index in [2.05, 4.69) is 25.1 Å². The molecule has 0 spiro atoms. The summed E-state index contributed by atoms with van der Waals surface area (Å²) in [6.07, 6.45) is 5.80. The first-order valence-corrected chi connectivity index (χ1v) is 8.28. The molecule has 3 rings (SSSR count). The van der Waals surface area contributed by atoms with Crippen LogP contribution in [-0.2, 0) is 4.74 Å². The maximum Gasteiger partial charge on any atom is 0.122 e. The van der Waals surface area contributed by atoms with Gasteiger partial charge in [0.05, 0.1) is 18.8 Å². The van der Waals surface area contributed by atoms with Crippen LogP contribution >= 0.6 is 0 Å². The van der Waals surface area contributed by atoms with Crippen molar-refractivity contribution < 1.29 is 9.47 Å². The minimum Gasteiger partial charge on any atom is -0.493 e. The molecule has 0 saturated heterocycles. The third kappa shape index (κ3) is 3.24. The van der Waals surface area contributed by atoms with Crippen LogP contribution in [0.15, 0.2) is 24.3 Å². The molecule has 0 amide bonds. The van der Waals surface area contributed by atoms with Gasteiger partial charge in [0.1, 0.15) is 5.75 Å². The fourth-order valence-corrected chi connectivity index (χ4v) is 3.85. The predicted octanol–water partition coefficient (Wildman–Crippen LogP) is 3.48. The molecule has 3 unspecified atom stereocenters. The van der Waals surface area contributed by atoms with Crippen LogP contribution in [0.25, 0.3) is 0 Å². The summed E-state index contributed by atoms with van der Waals surface area (Å²) in [6, 6.07) is 8.35. The van der Waals surface area contributed by atoms with E-state index in [-0.39, 0.29) is 5.60 Å². The summed E-state index contributed by atoms with van der Waals surface area (Å²) in [5.74, 6) is 2.19. The molecule has 1 aliphatic heterocycles. The van der Waals surface area contributed by atoms with E-state index in [9.17, 15) is 0 Å². The molecular formula is C18H27NO2. The molecule has 0 radical (unpaired) electrons. The van der Waals surface area contributed by atoms with Crippen molar-refractivity contribution in [3.05, 3.63) is 29.8 Å². The monoisotopic (exact) mass is 289 g/mol. The molecule has 2 N–H and O–H groups in total. The second kappa shape index (κ2) is 6.37. The molecule has 0 aromatic heterocycles. The second-order valence-electron chi connectivity index (χ2n) is 6.77. The van der Waals surface area contributed by atoms with Crippen molar-refractivity contribution in [1.82, 2.24) is 0 Å². The quantitative estimate of drug-likeness (QED) is 0.923. The number of hydrogen-bond donors (Lipinski definition) is 1. The maximum absolute atomic E-state index is 6.41. The van der Waals surface area contributed by atoms with Gasteiger partial charge in [-0.25, -0.2) is 0 Å². The lowest BCUT2D eigenvalue weighted by molar-refractivity contribution is -0.0815. The highest BCUT2D eigenvalue weighted by molar-refractivity contribution is 5.37. The van der Waals surface area contributed by atoms with Crippen LogP contribution in [0, 0.1) is 5.92 Å². The minimum atomic E-state index is -0.0923. The van der Waals surface area contributed by atoms with Gasteiger partial charge in [-0.15, -0.1) is 0 Å². The van der Waals surface area contributed by atoms with Crippen LogP contribution in [0.5, 0.6) is 5.75 Å². The number of hydrogen-bond acceptors (Lipinski definition) is 3. The zero-order chi connectivity index (χ0) is 14.7. The highest BCUT2D eigenvalue weighted by Crippen LogP contribution is 2.38. The molecule has 1 aliphatic carbocycles. The Morgan fingerprint density at radius 2 is 2.19 bits per heavy atom. The van der Waals surface area contributed by atoms with Crippen LogP contribution in [0.3, 0.4) is 0 Å². The smallest absolute Gasteiger partial charge is 0.122 e. The molecule has 2 aliphatic rings. The van der Waals surface area contributed by atoms with Crippen molar-refractivity contribution in [1.29, 1.82) is 0 Å². The van der Waals surface area contributed by atoms with Crippen molar-refractivity contribution in [3.63, 3.8) is 0 Å². The van der Waals surface area contributed by atoms with Crippen molar-refractivity contribution in [2.24, 2.45) is 11.7 Å². The molecule has 1 aromatic rings. The number of rotatable bonds is 4. The van der Waals surface area contributed by atoms with Crippen LogP contribution in [-0.4, -0.2) is 25.4 Å². The highest BCUT2D eigenvalue weighted by atomic mass is 16.5. The van der Waals surface area contributed by atoms with E-state index in [1.807, 2.05) is 6.07 Å². The third-order valence-corrected chi connectivity index (χ3v) is 5.10. The third-order valence-electron chi connectivity index (χ3n) is 5.10. The van der Waals surface area contributed by atoms with E-state index in [0.717, 1.165) is 44.1 Å². The van der Waals surface area contributed by atoms with Crippen molar-refractivity contribution in [3.8, 4) is 5.75 Å². The standard InChI is InChI=1S/C18H27NO2/c1-14-5-4-9-18(11-14,13-19)21-12-15-8-10-20-17-7-3-2-6-16(15)17/h2-3,6-7,14-15H,4-5,8-13,19H2,1H3. The average molecular weight is 289 g/mol. The summed E-state index contributed by atoms with van der Waals surface area (Å²) in [7, 11) is 0. The molecule has 0 bridgehead atoms. The Bertz CT molecular complexity index is 476. The van der Waals surface area contributed by atoms with Gasteiger partial charge in [0.2, 0.25) is 0 Å². The molecule has 1 fully saturated rings. The van der Waals surface area contributed by atoms with Crippen LogP contribution in [0.1, 0.15) is 50.5 Å². The molecule has 3 heteroatoms. The molecule has 116 valence electrons. The van der Waals surface area contributed by atoms with E-state index in [0.29, 0.717) is 12.5 Å². The molecule has 3 atom stereocenters. The molecule has 21 heavy (non-hydrogen) atoms. The fourth-order valence-electron chi connectivity index (χ4n) is 3.85. The summed E-state index contributed by atoms with van der Waals surface area (Å²) in [5, 5.41) is 0. The largest absolute Gasteiger partial charge is 0.493 e. The van der Waals surface area contributed by atoms with Gasteiger partial charge in [0, 0.05) is 12.5 Å². The predicted molar refractivity (Wildman–Crippen MR) is 84.7 cm³/mol. The number of nitrogens with two attached hydrogens (primary N) is 1. The Morgan fingerprint density at radius 1 is 1.33 bits per heavy atom. The molecular weight excluding hydrogens is 262 g/mol. The molecule has 3 nitrogen and oxygen atoms in total. The van der Waals surface area contributed by atoms with Gasteiger partial charge in [0.25, 0.3) is 0 Å². The summed E-state index contributed by atoms with van der Waals surface area (Å²) in [5.41, 5.74) is 7.26. The number of fused-ring (bicyclic) bond motifs is 1. The van der Waals surface area contributed by atoms with Crippen LogP contribution < -0.4 is 10.5 Å². The van der Waals surface area contributed by atoms with Crippen molar-refractivity contribution in [2.75, 3.05) is 19.8 Å². The van der Waals surface area contributed by atoms with Gasteiger partial charge in [-0.1, -0.05) is 38.0 Å². The van der Waals surface area contributed by atoms with Crippen LogP contribution in [0.2, 0.25) is 0 Å². The van der Waals surface area contributed by atoms with Gasteiger partial charge in [0.15, 0.2) is 0 Å². The SMILES string of the molecule is CC1CCCC(CN)(OCC2CCOc3ccccc32)C1. The van der Waals surface area contributed by atoms with Gasteiger partial charge in [-0.2, -0.15) is 0 Å². The van der Waals surface area contributed by atoms with Gasteiger partial charge in [-0.05, 0) is 36.8 Å². The van der Waals surface area contributed by atoms with Gasteiger partial charge >= 0.3 is 0 Å². The van der Waals surface area contributed by atoms with Gasteiger partial charge in [-0.3, -0.25) is 0 Å². The highest BCUT2D eigenvalue weighted by Gasteiger charge is 2.35. The zero-order valence-electron chi connectivity index (χ0n) is 13.0. The Kier molecular flexibility index (Phi) is 4.51. The molecule has 1 saturated carbocycles. The Labute approximate surface area is 127 Å². The molecule has 1 heterocycles. The summed E-state index contributed by atoms with van der Waals surface area (Å²) >= 11 is 0. The zero-order valence-corrected chi connectivity index (χ0v) is 13.0. The maximum atomic E-state index is 6.41. The van der Waals surface area contributed by atoms with Crippen LogP contribution in [0.4, 0.5) is 0 Å². The number of para-hydroxylation sites is 1. The number of benzene rings is 1. The Morgan fingerprint density at radius 3 is 3.00 bits per heavy atom.